The van der Waals surface area contributed by atoms with Crippen molar-refractivity contribution in [2.45, 2.75) is 53.6 Å². The number of amides is 2. The number of ether oxygens (including phenoxy) is 1. The standard InChI is InChI=1S/C20H30N2O3/c1-14-11-15(2)17(16(3)12-14)13-18(23)21-7-9-22(10-8-21)19(24)25-20(4,5)6/h11-12H,7-10,13H2,1-6H3. The second-order valence-electron chi connectivity index (χ2n) is 7.90. The smallest absolute Gasteiger partial charge is 0.410 e. The van der Waals surface area contributed by atoms with Crippen LogP contribution in [0, 0.1) is 20.8 Å². The van der Waals surface area contributed by atoms with E-state index in [1.54, 1.807) is 4.90 Å². The van der Waals surface area contributed by atoms with E-state index in [1.165, 1.54) is 16.7 Å². The lowest BCUT2D eigenvalue weighted by molar-refractivity contribution is -0.132. The lowest BCUT2D eigenvalue weighted by Crippen LogP contribution is -2.52. The first kappa shape index (κ1) is 19.3. The molecule has 0 aromatic heterocycles. The summed E-state index contributed by atoms with van der Waals surface area (Å²) in [5.41, 5.74) is 4.17. The second-order valence-corrected chi connectivity index (χ2v) is 7.90. The molecule has 5 nitrogen and oxygen atoms in total. The highest BCUT2D eigenvalue weighted by Gasteiger charge is 2.27. The van der Waals surface area contributed by atoms with Crippen LogP contribution in [-0.4, -0.2) is 53.6 Å². The van der Waals surface area contributed by atoms with E-state index in [1.807, 2.05) is 25.7 Å². The van der Waals surface area contributed by atoms with E-state index in [0.717, 1.165) is 5.56 Å². The fraction of sp³-hybridized carbons (Fsp3) is 0.600. The number of piperazine rings is 1. The Hall–Kier alpha value is -2.04. The first-order valence-electron chi connectivity index (χ1n) is 8.89. The van der Waals surface area contributed by atoms with Crippen LogP contribution in [-0.2, 0) is 16.0 Å². The maximum Gasteiger partial charge on any atom is 0.410 e. The minimum absolute atomic E-state index is 0.124. The summed E-state index contributed by atoms with van der Waals surface area (Å²) in [7, 11) is 0. The molecule has 1 aromatic carbocycles. The fourth-order valence-corrected chi connectivity index (χ4v) is 3.22. The highest BCUT2D eigenvalue weighted by Crippen LogP contribution is 2.18. The molecular formula is C20H30N2O3. The summed E-state index contributed by atoms with van der Waals surface area (Å²) in [4.78, 5) is 28.3. The number of carbonyl (C=O) groups excluding carboxylic acids is 2. The van der Waals surface area contributed by atoms with Gasteiger partial charge in [0.2, 0.25) is 5.91 Å². The van der Waals surface area contributed by atoms with Gasteiger partial charge in [-0.05, 0) is 58.2 Å². The second kappa shape index (κ2) is 7.46. The van der Waals surface area contributed by atoms with E-state index < -0.39 is 5.60 Å². The average Bonchev–Trinajstić information content (AvgIpc) is 2.49. The molecule has 0 N–H and O–H groups in total. The molecule has 2 rings (SSSR count). The monoisotopic (exact) mass is 346 g/mol. The van der Waals surface area contributed by atoms with Gasteiger partial charge in [-0.1, -0.05) is 17.7 Å². The van der Waals surface area contributed by atoms with Crippen molar-refractivity contribution in [3.05, 3.63) is 34.4 Å². The number of aryl methyl sites for hydroxylation is 3. The number of hydrogen-bond donors (Lipinski definition) is 0. The zero-order chi connectivity index (χ0) is 18.8. The summed E-state index contributed by atoms with van der Waals surface area (Å²) in [5, 5.41) is 0. The maximum absolute atomic E-state index is 12.7. The third-order valence-corrected chi connectivity index (χ3v) is 4.45. The highest BCUT2D eigenvalue weighted by molar-refractivity contribution is 5.80. The molecule has 0 unspecified atom stereocenters. The Morgan fingerprint density at radius 1 is 0.960 bits per heavy atom. The largest absolute Gasteiger partial charge is 0.444 e. The molecule has 1 saturated heterocycles. The molecule has 1 heterocycles. The molecule has 138 valence electrons. The van der Waals surface area contributed by atoms with Gasteiger partial charge in [0, 0.05) is 26.2 Å². The van der Waals surface area contributed by atoms with E-state index in [0.29, 0.717) is 32.6 Å². The summed E-state index contributed by atoms with van der Waals surface area (Å²) in [6, 6.07) is 4.24. The Labute approximate surface area is 150 Å². The van der Waals surface area contributed by atoms with Gasteiger partial charge in [0.1, 0.15) is 5.60 Å². The van der Waals surface area contributed by atoms with Crippen molar-refractivity contribution in [3.8, 4) is 0 Å². The molecule has 5 heteroatoms. The number of rotatable bonds is 2. The first-order valence-corrected chi connectivity index (χ1v) is 8.89. The van der Waals surface area contributed by atoms with E-state index >= 15 is 0 Å². The van der Waals surface area contributed by atoms with Gasteiger partial charge in [0.25, 0.3) is 0 Å². The van der Waals surface area contributed by atoms with Gasteiger partial charge < -0.3 is 14.5 Å². The first-order chi connectivity index (χ1) is 11.6. The molecule has 0 bridgehead atoms. The predicted octanol–water partition coefficient (Wildman–Crippen LogP) is 3.23. The topological polar surface area (TPSA) is 49.9 Å². The molecule has 0 aliphatic carbocycles. The molecule has 0 saturated carbocycles. The molecule has 1 aliphatic rings. The quantitative estimate of drug-likeness (QED) is 0.826. The van der Waals surface area contributed by atoms with Crippen LogP contribution >= 0.6 is 0 Å². The molecule has 1 aliphatic heterocycles. The number of nitrogens with zero attached hydrogens (tertiary/aromatic N) is 2. The van der Waals surface area contributed by atoms with Crippen LogP contribution in [0.5, 0.6) is 0 Å². The van der Waals surface area contributed by atoms with Gasteiger partial charge in [-0.25, -0.2) is 4.79 Å². The van der Waals surface area contributed by atoms with E-state index in [-0.39, 0.29) is 12.0 Å². The zero-order valence-corrected chi connectivity index (χ0v) is 16.3. The SMILES string of the molecule is Cc1cc(C)c(CC(=O)N2CCN(C(=O)OC(C)(C)C)CC2)c(C)c1. The Kier molecular flexibility index (Phi) is 5.76. The van der Waals surface area contributed by atoms with Crippen molar-refractivity contribution in [1.29, 1.82) is 0 Å². The highest BCUT2D eigenvalue weighted by atomic mass is 16.6. The molecule has 1 fully saturated rings. The molecular weight excluding hydrogens is 316 g/mol. The van der Waals surface area contributed by atoms with Crippen LogP contribution in [0.2, 0.25) is 0 Å². The van der Waals surface area contributed by atoms with E-state index in [4.69, 9.17) is 4.74 Å². The normalized spacial score (nSPS) is 15.3. The fourth-order valence-electron chi connectivity index (χ4n) is 3.22. The van der Waals surface area contributed by atoms with Crippen molar-refractivity contribution in [1.82, 2.24) is 9.80 Å². The summed E-state index contributed by atoms with van der Waals surface area (Å²) in [6.07, 6.45) is 0.120. The summed E-state index contributed by atoms with van der Waals surface area (Å²) < 4.78 is 5.39. The van der Waals surface area contributed by atoms with Crippen LogP contribution in [0.1, 0.15) is 43.0 Å². The van der Waals surface area contributed by atoms with Crippen molar-refractivity contribution in [2.75, 3.05) is 26.2 Å². The summed E-state index contributed by atoms with van der Waals surface area (Å²) in [6.45, 7) is 13.9. The molecule has 0 atom stereocenters. The third kappa shape index (κ3) is 5.21. The molecule has 0 spiro atoms. The molecule has 0 radical (unpaired) electrons. The minimum atomic E-state index is -0.496. The van der Waals surface area contributed by atoms with Gasteiger partial charge in [-0.2, -0.15) is 0 Å². The average molecular weight is 346 g/mol. The summed E-state index contributed by atoms with van der Waals surface area (Å²) >= 11 is 0. The van der Waals surface area contributed by atoms with Gasteiger partial charge >= 0.3 is 6.09 Å². The third-order valence-electron chi connectivity index (χ3n) is 4.45. The number of benzene rings is 1. The number of hydrogen-bond acceptors (Lipinski definition) is 3. The predicted molar refractivity (Wildman–Crippen MR) is 98.7 cm³/mol. The van der Waals surface area contributed by atoms with Crippen LogP contribution < -0.4 is 0 Å². The van der Waals surface area contributed by atoms with Crippen LogP contribution in [0.3, 0.4) is 0 Å². The Balaban J connectivity index is 1.93. The van der Waals surface area contributed by atoms with Crippen molar-refractivity contribution >= 4 is 12.0 Å². The lowest BCUT2D eigenvalue weighted by atomic mass is 9.97. The van der Waals surface area contributed by atoms with Gasteiger partial charge in [0.15, 0.2) is 0 Å². The molecule has 2 amide bonds. The Morgan fingerprint density at radius 3 is 1.92 bits per heavy atom. The van der Waals surface area contributed by atoms with E-state index in [2.05, 4.69) is 32.9 Å². The van der Waals surface area contributed by atoms with Crippen LogP contribution in [0.15, 0.2) is 12.1 Å². The van der Waals surface area contributed by atoms with Gasteiger partial charge in [-0.3, -0.25) is 4.79 Å². The van der Waals surface area contributed by atoms with Gasteiger partial charge in [-0.15, -0.1) is 0 Å². The zero-order valence-electron chi connectivity index (χ0n) is 16.3. The molecule has 1 aromatic rings. The number of carbonyl (C=O) groups is 2. The van der Waals surface area contributed by atoms with Crippen LogP contribution in [0.4, 0.5) is 4.79 Å². The van der Waals surface area contributed by atoms with Crippen LogP contribution in [0.25, 0.3) is 0 Å². The Morgan fingerprint density at radius 2 is 1.44 bits per heavy atom. The van der Waals surface area contributed by atoms with Gasteiger partial charge in [0.05, 0.1) is 6.42 Å². The van der Waals surface area contributed by atoms with Crippen molar-refractivity contribution < 1.29 is 14.3 Å². The summed E-state index contributed by atoms with van der Waals surface area (Å²) in [5.74, 6) is 0.124. The lowest BCUT2D eigenvalue weighted by Gasteiger charge is -2.35. The molecule has 25 heavy (non-hydrogen) atoms. The maximum atomic E-state index is 12.7. The van der Waals surface area contributed by atoms with Crippen molar-refractivity contribution in [2.24, 2.45) is 0 Å². The Bertz CT molecular complexity index is 630. The minimum Gasteiger partial charge on any atom is -0.444 e. The van der Waals surface area contributed by atoms with Crippen molar-refractivity contribution in [3.63, 3.8) is 0 Å². The van der Waals surface area contributed by atoms with E-state index in [9.17, 15) is 9.59 Å².